The standard InChI is InChI=1S/C27H24FN3O4/c1-34-21-12-10-20(11-13-21)30-14-16-31(17-15-30)27(33)25-24(22-4-2-3-5-23(22)35-25)29-26(32)18-6-8-19(28)9-7-18/h2-13H,14-17H2,1H3,(H,29,32). The van der Waals surface area contributed by atoms with Crippen molar-refractivity contribution in [3.05, 3.63) is 89.9 Å². The Bertz CT molecular complexity index is 1360. The molecule has 35 heavy (non-hydrogen) atoms. The first kappa shape index (κ1) is 22.5. The number of benzene rings is 3. The fraction of sp³-hybridized carbons (Fsp3) is 0.185. The summed E-state index contributed by atoms with van der Waals surface area (Å²) in [5, 5.41) is 3.44. The van der Waals surface area contributed by atoms with Crippen LogP contribution in [0.2, 0.25) is 0 Å². The second kappa shape index (κ2) is 9.50. The van der Waals surface area contributed by atoms with Gasteiger partial charge in [-0.2, -0.15) is 0 Å². The highest BCUT2D eigenvalue weighted by atomic mass is 19.1. The lowest BCUT2D eigenvalue weighted by molar-refractivity contribution is 0.0718. The van der Waals surface area contributed by atoms with Crippen molar-refractivity contribution in [3.8, 4) is 5.75 Å². The number of furan rings is 1. The topological polar surface area (TPSA) is 75.0 Å². The highest BCUT2D eigenvalue weighted by Gasteiger charge is 2.29. The van der Waals surface area contributed by atoms with Gasteiger partial charge in [0, 0.05) is 42.8 Å². The predicted molar refractivity (Wildman–Crippen MR) is 132 cm³/mol. The summed E-state index contributed by atoms with van der Waals surface area (Å²) in [7, 11) is 1.63. The average Bonchev–Trinajstić information content (AvgIpc) is 3.27. The van der Waals surface area contributed by atoms with Crippen LogP contribution in [-0.4, -0.2) is 50.0 Å². The van der Waals surface area contributed by atoms with Gasteiger partial charge in [0.1, 0.15) is 22.8 Å². The molecule has 1 aliphatic heterocycles. The van der Waals surface area contributed by atoms with Crippen LogP contribution in [0.3, 0.4) is 0 Å². The third-order valence-electron chi connectivity index (χ3n) is 6.14. The molecule has 0 atom stereocenters. The molecule has 7 nitrogen and oxygen atoms in total. The summed E-state index contributed by atoms with van der Waals surface area (Å²) >= 11 is 0. The molecule has 0 radical (unpaired) electrons. The molecular formula is C27H24FN3O4. The number of nitrogens with zero attached hydrogens (tertiary/aromatic N) is 2. The van der Waals surface area contributed by atoms with E-state index in [9.17, 15) is 14.0 Å². The number of halogens is 1. The lowest BCUT2D eigenvalue weighted by Crippen LogP contribution is -2.48. The molecule has 1 N–H and O–H groups in total. The van der Waals surface area contributed by atoms with Gasteiger partial charge in [-0.1, -0.05) is 12.1 Å². The first-order valence-corrected chi connectivity index (χ1v) is 11.3. The number of methoxy groups -OCH3 is 1. The van der Waals surface area contributed by atoms with Crippen LogP contribution in [0.25, 0.3) is 11.0 Å². The molecule has 4 aromatic rings. The highest BCUT2D eigenvalue weighted by molar-refractivity contribution is 6.14. The number of hydrogen-bond acceptors (Lipinski definition) is 5. The van der Waals surface area contributed by atoms with E-state index in [4.69, 9.17) is 9.15 Å². The maximum absolute atomic E-state index is 13.5. The van der Waals surface area contributed by atoms with E-state index in [0.29, 0.717) is 42.8 Å². The normalized spacial score (nSPS) is 13.7. The Morgan fingerprint density at radius 1 is 0.914 bits per heavy atom. The van der Waals surface area contributed by atoms with Crippen molar-refractivity contribution in [3.63, 3.8) is 0 Å². The van der Waals surface area contributed by atoms with Crippen LogP contribution in [0.4, 0.5) is 15.8 Å². The Hall–Kier alpha value is -4.33. The summed E-state index contributed by atoms with van der Waals surface area (Å²) in [6.07, 6.45) is 0. The molecule has 0 spiro atoms. The van der Waals surface area contributed by atoms with Crippen molar-refractivity contribution < 1.29 is 23.1 Å². The summed E-state index contributed by atoms with van der Waals surface area (Å²) < 4.78 is 24.4. The zero-order valence-corrected chi connectivity index (χ0v) is 19.2. The van der Waals surface area contributed by atoms with Gasteiger partial charge in [-0.3, -0.25) is 9.59 Å². The molecule has 1 saturated heterocycles. The molecule has 3 aromatic carbocycles. The fourth-order valence-electron chi connectivity index (χ4n) is 4.21. The number of ether oxygens (including phenoxy) is 1. The molecule has 0 aliphatic carbocycles. The SMILES string of the molecule is COc1ccc(N2CCN(C(=O)c3oc4ccccc4c3NC(=O)c3ccc(F)cc3)CC2)cc1. The first-order valence-electron chi connectivity index (χ1n) is 11.3. The van der Waals surface area contributed by atoms with Gasteiger partial charge >= 0.3 is 0 Å². The second-order valence-corrected chi connectivity index (χ2v) is 8.24. The number of fused-ring (bicyclic) bond motifs is 1. The molecule has 1 aromatic heterocycles. The highest BCUT2D eigenvalue weighted by Crippen LogP contribution is 2.32. The number of carbonyl (C=O) groups excluding carboxylic acids is 2. The summed E-state index contributed by atoms with van der Waals surface area (Å²) in [4.78, 5) is 30.3. The number of para-hydroxylation sites is 1. The molecule has 0 unspecified atom stereocenters. The van der Waals surface area contributed by atoms with Gasteiger partial charge in [-0.05, 0) is 60.7 Å². The van der Waals surface area contributed by atoms with Crippen LogP contribution >= 0.6 is 0 Å². The average molecular weight is 474 g/mol. The maximum Gasteiger partial charge on any atom is 0.291 e. The Balaban J connectivity index is 1.36. The van der Waals surface area contributed by atoms with Crippen molar-refractivity contribution in [2.75, 3.05) is 43.5 Å². The molecule has 2 heterocycles. The van der Waals surface area contributed by atoms with Crippen LogP contribution in [0.5, 0.6) is 5.75 Å². The lowest BCUT2D eigenvalue weighted by atomic mass is 10.1. The second-order valence-electron chi connectivity index (χ2n) is 8.24. The first-order chi connectivity index (χ1) is 17.0. The van der Waals surface area contributed by atoms with Crippen molar-refractivity contribution in [2.45, 2.75) is 0 Å². The molecule has 178 valence electrons. The molecule has 0 bridgehead atoms. The van der Waals surface area contributed by atoms with Crippen molar-refractivity contribution in [1.29, 1.82) is 0 Å². The molecule has 1 aliphatic rings. The quantitative estimate of drug-likeness (QED) is 0.451. The Kier molecular flexibility index (Phi) is 6.10. The van der Waals surface area contributed by atoms with Crippen molar-refractivity contribution >= 4 is 34.2 Å². The fourth-order valence-corrected chi connectivity index (χ4v) is 4.21. The summed E-state index contributed by atoms with van der Waals surface area (Å²) in [5.41, 5.74) is 2.16. The molecule has 5 rings (SSSR count). The maximum atomic E-state index is 13.5. The van der Waals surface area contributed by atoms with Gasteiger partial charge in [0.15, 0.2) is 0 Å². The van der Waals surface area contributed by atoms with Crippen LogP contribution in [0.15, 0.2) is 77.2 Å². The van der Waals surface area contributed by atoms with Gasteiger partial charge in [0.25, 0.3) is 11.8 Å². The number of piperazine rings is 1. The van der Waals surface area contributed by atoms with E-state index in [1.165, 1.54) is 24.3 Å². The van der Waals surface area contributed by atoms with Gasteiger partial charge < -0.3 is 24.3 Å². The molecule has 0 saturated carbocycles. The zero-order chi connectivity index (χ0) is 24.4. The molecular weight excluding hydrogens is 449 g/mol. The number of nitrogens with one attached hydrogen (secondary N) is 1. The van der Waals surface area contributed by atoms with Gasteiger partial charge in [-0.15, -0.1) is 0 Å². The molecule has 1 fully saturated rings. The smallest absolute Gasteiger partial charge is 0.291 e. The monoisotopic (exact) mass is 473 g/mol. The number of amides is 2. The summed E-state index contributed by atoms with van der Waals surface area (Å²) in [6, 6.07) is 20.2. The lowest BCUT2D eigenvalue weighted by Gasteiger charge is -2.35. The van der Waals surface area contributed by atoms with Crippen LogP contribution in [0.1, 0.15) is 20.9 Å². The minimum absolute atomic E-state index is 0.0829. The Labute approximate surface area is 201 Å². The van der Waals surface area contributed by atoms with E-state index < -0.39 is 11.7 Å². The number of rotatable bonds is 5. The van der Waals surface area contributed by atoms with Crippen LogP contribution in [-0.2, 0) is 0 Å². The zero-order valence-electron chi connectivity index (χ0n) is 19.2. The molecule has 2 amide bonds. The third kappa shape index (κ3) is 4.55. The van der Waals surface area contributed by atoms with Gasteiger partial charge in [0.05, 0.1) is 7.11 Å². The summed E-state index contributed by atoms with van der Waals surface area (Å²) in [6.45, 7) is 2.34. The van der Waals surface area contributed by atoms with Crippen LogP contribution < -0.4 is 15.0 Å². The van der Waals surface area contributed by atoms with E-state index in [1.54, 1.807) is 30.2 Å². The predicted octanol–water partition coefficient (Wildman–Crippen LogP) is 4.80. The van der Waals surface area contributed by atoms with E-state index in [1.807, 2.05) is 30.3 Å². The van der Waals surface area contributed by atoms with E-state index in [-0.39, 0.29) is 17.2 Å². The minimum Gasteiger partial charge on any atom is -0.497 e. The van der Waals surface area contributed by atoms with E-state index in [2.05, 4.69) is 10.2 Å². The Morgan fingerprint density at radius 3 is 2.29 bits per heavy atom. The number of hydrogen-bond donors (Lipinski definition) is 1. The van der Waals surface area contributed by atoms with Crippen molar-refractivity contribution in [2.24, 2.45) is 0 Å². The van der Waals surface area contributed by atoms with Gasteiger partial charge in [0.2, 0.25) is 5.76 Å². The summed E-state index contributed by atoms with van der Waals surface area (Å²) in [5.74, 6) is -0.290. The van der Waals surface area contributed by atoms with Crippen molar-refractivity contribution in [1.82, 2.24) is 4.90 Å². The van der Waals surface area contributed by atoms with Crippen LogP contribution in [0, 0.1) is 5.82 Å². The van der Waals surface area contributed by atoms with Gasteiger partial charge in [-0.25, -0.2) is 4.39 Å². The minimum atomic E-state index is -0.449. The third-order valence-corrected chi connectivity index (χ3v) is 6.14. The molecule has 8 heteroatoms. The van der Waals surface area contributed by atoms with E-state index in [0.717, 1.165) is 11.4 Å². The Morgan fingerprint density at radius 2 is 1.60 bits per heavy atom. The largest absolute Gasteiger partial charge is 0.497 e. The number of anilines is 2. The van der Waals surface area contributed by atoms with E-state index >= 15 is 0 Å². The number of carbonyl (C=O) groups is 2.